The molecule has 1 amide bonds. The van der Waals surface area contributed by atoms with Crippen LogP contribution in [0.3, 0.4) is 0 Å². The molecule has 0 aromatic rings. The van der Waals surface area contributed by atoms with Gasteiger partial charge in [-0.25, -0.2) is 9.59 Å². The zero-order valence-corrected chi connectivity index (χ0v) is 14.9. The minimum absolute atomic E-state index is 0.218. The van der Waals surface area contributed by atoms with Gasteiger partial charge in [0.25, 0.3) is 0 Å². The van der Waals surface area contributed by atoms with Gasteiger partial charge in [-0.2, -0.15) is 0 Å². The van der Waals surface area contributed by atoms with Crippen molar-refractivity contribution in [2.45, 2.75) is 84.5 Å². The molecule has 134 valence electrons. The van der Waals surface area contributed by atoms with Crippen LogP contribution >= 0.6 is 0 Å². The quantitative estimate of drug-likeness (QED) is 0.549. The molecule has 1 atom stereocenters. The standard InChI is InChI=1S/C16H29NO6/c1-15(2,3)22-12(18)10-8-7-9-11(13(19)20)17-14(21)23-16(4,5)6/h11H,7-10H2,1-6H3,(H,17,21)(H,19,20). The Bertz CT molecular complexity index is 419. The Morgan fingerprint density at radius 2 is 1.48 bits per heavy atom. The largest absolute Gasteiger partial charge is 0.480 e. The van der Waals surface area contributed by atoms with Gasteiger partial charge in [0.1, 0.15) is 17.2 Å². The molecule has 0 saturated heterocycles. The Kier molecular flexibility index (Phi) is 8.06. The van der Waals surface area contributed by atoms with Crippen molar-refractivity contribution in [3.63, 3.8) is 0 Å². The molecule has 0 fully saturated rings. The van der Waals surface area contributed by atoms with Gasteiger partial charge in [0.15, 0.2) is 0 Å². The first-order chi connectivity index (χ1) is 10.3. The number of esters is 1. The molecular weight excluding hydrogens is 302 g/mol. The number of ether oxygens (including phenoxy) is 2. The minimum atomic E-state index is -1.13. The Labute approximate surface area is 137 Å². The molecule has 0 rings (SSSR count). The molecule has 7 nitrogen and oxygen atoms in total. The van der Waals surface area contributed by atoms with Crippen LogP contribution in [-0.2, 0) is 19.1 Å². The van der Waals surface area contributed by atoms with Crippen LogP contribution in [0.1, 0.15) is 67.2 Å². The number of carbonyl (C=O) groups is 3. The van der Waals surface area contributed by atoms with Gasteiger partial charge in [-0.1, -0.05) is 6.42 Å². The maximum Gasteiger partial charge on any atom is 0.408 e. The number of carboxylic acid groups (broad SMARTS) is 1. The second kappa shape index (κ2) is 8.74. The van der Waals surface area contributed by atoms with E-state index in [1.54, 1.807) is 41.5 Å². The number of carboxylic acids is 1. The number of carbonyl (C=O) groups excluding carboxylic acids is 2. The maximum absolute atomic E-state index is 11.6. The first-order valence-electron chi connectivity index (χ1n) is 7.74. The second-order valence-electron chi connectivity index (χ2n) is 7.37. The number of amides is 1. The highest BCUT2D eigenvalue weighted by molar-refractivity contribution is 5.80. The summed E-state index contributed by atoms with van der Waals surface area (Å²) in [5, 5.41) is 11.4. The third-order valence-corrected chi connectivity index (χ3v) is 2.53. The summed E-state index contributed by atoms with van der Waals surface area (Å²) in [7, 11) is 0. The lowest BCUT2D eigenvalue weighted by molar-refractivity contribution is -0.154. The molecule has 0 aliphatic rings. The van der Waals surface area contributed by atoms with Crippen molar-refractivity contribution in [2.75, 3.05) is 0 Å². The predicted octanol–water partition coefficient (Wildman–Crippen LogP) is 2.87. The van der Waals surface area contributed by atoms with E-state index in [1.165, 1.54) is 0 Å². The van der Waals surface area contributed by atoms with Gasteiger partial charge in [0.05, 0.1) is 0 Å². The van der Waals surface area contributed by atoms with Gasteiger partial charge in [-0.15, -0.1) is 0 Å². The Morgan fingerprint density at radius 3 is 1.91 bits per heavy atom. The fourth-order valence-corrected chi connectivity index (χ4v) is 1.72. The monoisotopic (exact) mass is 331 g/mol. The predicted molar refractivity (Wildman–Crippen MR) is 85.1 cm³/mol. The highest BCUT2D eigenvalue weighted by Gasteiger charge is 2.23. The third-order valence-electron chi connectivity index (χ3n) is 2.53. The molecule has 0 heterocycles. The summed E-state index contributed by atoms with van der Waals surface area (Å²) in [6, 6.07) is -1.04. The van der Waals surface area contributed by atoms with E-state index in [0.29, 0.717) is 12.8 Å². The van der Waals surface area contributed by atoms with E-state index in [-0.39, 0.29) is 18.8 Å². The van der Waals surface area contributed by atoms with Crippen molar-refractivity contribution in [2.24, 2.45) is 0 Å². The zero-order chi connectivity index (χ0) is 18.3. The van der Waals surface area contributed by atoms with Gasteiger partial charge >= 0.3 is 18.0 Å². The van der Waals surface area contributed by atoms with Gasteiger partial charge in [0.2, 0.25) is 0 Å². The fraction of sp³-hybridized carbons (Fsp3) is 0.812. The van der Waals surface area contributed by atoms with E-state index in [1.807, 2.05) is 0 Å². The van der Waals surface area contributed by atoms with Crippen molar-refractivity contribution < 1.29 is 29.0 Å². The van der Waals surface area contributed by atoms with E-state index in [9.17, 15) is 14.4 Å². The minimum Gasteiger partial charge on any atom is -0.480 e. The number of hydrogen-bond donors (Lipinski definition) is 2. The number of unbranched alkanes of at least 4 members (excludes halogenated alkanes) is 1. The van der Waals surface area contributed by atoms with Gasteiger partial charge in [-0.05, 0) is 54.4 Å². The van der Waals surface area contributed by atoms with Crippen molar-refractivity contribution in [3.8, 4) is 0 Å². The average molecular weight is 331 g/mol. The first kappa shape index (κ1) is 21.2. The lowest BCUT2D eigenvalue weighted by atomic mass is 10.1. The lowest BCUT2D eigenvalue weighted by Gasteiger charge is -2.22. The number of hydrogen-bond acceptors (Lipinski definition) is 5. The molecule has 0 aromatic heterocycles. The summed E-state index contributed by atoms with van der Waals surface area (Å²) in [6.45, 7) is 10.5. The van der Waals surface area contributed by atoms with E-state index < -0.39 is 29.3 Å². The van der Waals surface area contributed by atoms with Crippen LogP contribution in [0.2, 0.25) is 0 Å². The summed E-state index contributed by atoms with van der Waals surface area (Å²) in [5.74, 6) is -1.45. The Hall–Kier alpha value is -1.79. The fourth-order valence-electron chi connectivity index (χ4n) is 1.72. The van der Waals surface area contributed by atoms with Crippen molar-refractivity contribution in [1.29, 1.82) is 0 Å². The van der Waals surface area contributed by atoms with Crippen LogP contribution in [0.25, 0.3) is 0 Å². The zero-order valence-electron chi connectivity index (χ0n) is 14.9. The van der Waals surface area contributed by atoms with Crippen LogP contribution in [0.5, 0.6) is 0 Å². The van der Waals surface area contributed by atoms with Crippen LogP contribution in [0.15, 0.2) is 0 Å². The molecule has 0 aromatic carbocycles. The number of aliphatic carboxylic acids is 1. The van der Waals surface area contributed by atoms with E-state index >= 15 is 0 Å². The summed E-state index contributed by atoms with van der Waals surface area (Å²) in [4.78, 5) is 34.3. The SMILES string of the molecule is CC(C)(C)OC(=O)CCCCC(NC(=O)OC(C)(C)C)C(=O)O. The van der Waals surface area contributed by atoms with Crippen molar-refractivity contribution in [3.05, 3.63) is 0 Å². The summed E-state index contributed by atoms with van der Waals surface area (Å²) < 4.78 is 10.2. The average Bonchev–Trinajstić information content (AvgIpc) is 2.27. The van der Waals surface area contributed by atoms with Crippen LogP contribution in [0, 0.1) is 0 Å². The molecule has 0 aliphatic carbocycles. The molecule has 1 unspecified atom stereocenters. The first-order valence-corrected chi connectivity index (χ1v) is 7.74. The summed E-state index contributed by atoms with van der Waals surface area (Å²) in [5.41, 5.74) is -1.22. The Balaban J connectivity index is 4.19. The molecule has 0 aliphatic heterocycles. The highest BCUT2D eigenvalue weighted by Crippen LogP contribution is 2.12. The number of nitrogens with one attached hydrogen (secondary N) is 1. The van der Waals surface area contributed by atoms with Gasteiger partial charge < -0.3 is 19.9 Å². The number of alkyl carbamates (subject to hydrolysis) is 1. The van der Waals surface area contributed by atoms with Gasteiger partial charge in [0, 0.05) is 6.42 Å². The molecule has 0 saturated carbocycles. The van der Waals surface area contributed by atoms with Gasteiger partial charge in [-0.3, -0.25) is 4.79 Å². The molecule has 23 heavy (non-hydrogen) atoms. The van der Waals surface area contributed by atoms with Crippen LogP contribution < -0.4 is 5.32 Å². The van der Waals surface area contributed by atoms with E-state index in [4.69, 9.17) is 14.6 Å². The summed E-state index contributed by atoms with van der Waals surface area (Å²) >= 11 is 0. The van der Waals surface area contributed by atoms with Crippen molar-refractivity contribution >= 4 is 18.0 Å². The molecule has 2 N–H and O–H groups in total. The molecule has 0 spiro atoms. The summed E-state index contributed by atoms with van der Waals surface area (Å²) in [6.07, 6.45) is 0.644. The third kappa shape index (κ3) is 12.4. The Morgan fingerprint density at radius 1 is 0.957 bits per heavy atom. The molecular formula is C16H29NO6. The molecule has 0 radical (unpaired) electrons. The van der Waals surface area contributed by atoms with Crippen LogP contribution in [0.4, 0.5) is 4.79 Å². The topological polar surface area (TPSA) is 102 Å². The smallest absolute Gasteiger partial charge is 0.408 e. The maximum atomic E-state index is 11.6. The number of rotatable bonds is 7. The molecule has 7 heteroatoms. The van der Waals surface area contributed by atoms with Crippen LogP contribution in [-0.4, -0.2) is 40.4 Å². The van der Waals surface area contributed by atoms with E-state index in [0.717, 1.165) is 0 Å². The normalized spacial score (nSPS) is 13.1. The van der Waals surface area contributed by atoms with E-state index in [2.05, 4.69) is 5.32 Å². The second-order valence-corrected chi connectivity index (χ2v) is 7.37. The lowest BCUT2D eigenvalue weighted by Crippen LogP contribution is -2.43. The highest BCUT2D eigenvalue weighted by atomic mass is 16.6. The van der Waals surface area contributed by atoms with Crippen molar-refractivity contribution in [1.82, 2.24) is 5.32 Å². The molecule has 0 bridgehead atoms.